The maximum Gasteiger partial charge on any atom is 0.401 e. The molecule has 1 heterocycles. The minimum absolute atomic E-state index is 0.162. The van der Waals surface area contributed by atoms with Crippen LogP contribution in [0.2, 0.25) is 0 Å². The zero-order valence-electron chi connectivity index (χ0n) is 10.6. The molecule has 3 nitrogen and oxygen atoms in total. The van der Waals surface area contributed by atoms with Crippen LogP contribution < -0.4 is 5.32 Å². The van der Waals surface area contributed by atoms with Gasteiger partial charge >= 0.3 is 6.18 Å². The first-order valence-corrected chi connectivity index (χ1v) is 6.34. The summed E-state index contributed by atoms with van der Waals surface area (Å²) in [5, 5.41) is 11.3. The summed E-state index contributed by atoms with van der Waals surface area (Å²) < 4.78 is 36.5. The van der Waals surface area contributed by atoms with E-state index in [1.165, 1.54) is 0 Å². The Morgan fingerprint density at radius 2 is 2.11 bits per heavy atom. The molecule has 0 saturated carbocycles. The van der Waals surface area contributed by atoms with Crippen molar-refractivity contribution < 1.29 is 13.2 Å². The maximum absolute atomic E-state index is 12.2. The van der Waals surface area contributed by atoms with Crippen molar-refractivity contribution in [3.05, 3.63) is 0 Å². The van der Waals surface area contributed by atoms with Crippen molar-refractivity contribution in [2.24, 2.45) is 5.92 Å². The molecule has 2 unspecified atom stereocenters. The number of nitrogens with zero attached hydrogens (tertiary/aromatic N) is 2. The van der Waals surface area contributed by atoms with E-state index in [9.17, 15) is 13.2 Å². The van der Waals surface area contributed by atoms with E-state index >= 15 is 0 Å². The van der Waals surface area contributed by atoms with Crippen molar-refractivity contribution in [3.63, 3.8) is 0 Å². The van der Waals surface area contributed by atoms with Gasteiger partial charge in [-0.3, -0.25) is 4.90 Å². The number of halogens is 3. The lowest BCUT2D eigenvalue weighted by atomic mass is 9.90. The van der Waals surface area contributed by atoms with Gasteiger partial charge in [0, 0.05) is 19.1 Å². The third kappa shape index (κ3) is 5.69. The lowest BCUT2D eigenvalue weighted by molar-refractivity contribution is -0.127. The van der Waals surface area contributed by atoms with E-state index in [4.69, 9.17) is 5.26 Å². The largest absolute Gasteiger partial charge is 0.401 e. The molecule has 0 aromatic carbocycles. The Labute approximate surface area is 106 Å². The van der Waals surface area contributed by atoms with Crippen LogP contribution in [0.25, 0.3) is 0 Å². The molecule has 1 aliphatic heterocycles. The first-order chi connectivity index (χ1) is 8.44. The van der Waals surface area contributed by atoms with Crippen molar-refractivity contribution >= 4 is 0 Å². The van der Waals surface area contributed by atoms with Crippen molar-refractivity contribution in [3.8, 4) is 6.07 Å². The number of piperidine rings is 1. The number of hydrogen-bond acceptors (Lipinski definition) is 3. The van der Waals surface area contributed by atoms with Crippen molar-refractivity contribution in [2.75, 3.05) is 26.2 Å². The van der Waals surface area contributed by atoms with Gasteiger partial charge in [0.1, 0.15) is 0 Å². The SMILES string of the molecule is CCCC1CC(NCC(F)(F)F)CN(CC#N)C1. The highest BCUT2D eigenvalue weighted by atomic mass is 19.4. The van der Waals surface area contributed by atoms with Gasteiger partial charge in [0.2, 0.25) is 0 Å². The average molecular weight is 263 g/mol. The molecule has 0 aromatic rings. The first kappa shape index (κ1) is 15.3. The van der Waals surface area contributed by atoms with E-state index in [-0.39, 0.29) is 6.04 Å². The molecule has 0 aliphatic carbocycles. The molecule has 0 spiro atoms. The normalized spacial score (nSPS) is 25.9. The molecule has 0 radical (unpaired) electrons. The summed E-state index contributed by atoms with van der Waals surface area (Å²) in [6, 6.07) is 1.91. The quantitative estimate of drug-likeness (QED) is 0.772. The molecule has 18 heavy (non-hydrogen) atoms. The van der Waals surface area contributed by atoms with E-state index in [0.717, 1.165) is 25.8 Å². The number of alkyl halides is 3. The Balaban J connectivity index is 2.48. The Hall–Kier alpha value is -0.800. The van der Waals surface area contributed by atoms with Crippen molar-refractivity contribution in [1.29, 1.82) is 5.26 Å². The van der Waals surface area contributed by atoms with Gasteiger partial charge in [0.25, 0.3) is 0 Å². The second-order valence-electron chi connectivity index (χ2n) is 4.94. The number of likely N-dealkylation sites (tertiary alicyclic amines) is 1. The lowest BCUT2D eigenvalue weighted by Crippen LogP contribution is -2.51. The molecule has 0 bridgehead atoms. The van der Waals surface area contributed by atoms with Crippen LogP contribution >= 0.6 is 0 Å². The third-order valence-corrected chi connectivity index (χ3v) is 3.20. The summed E-state index contributed by atoms with van der Waals surface area (Å²) in [5.41, 5.74) is 0. The van der Waals surface area contributed by atoms with Gasteiger partial charge in [0.05, 0.1) is 19.2 Å². The monoisotopic (exact) mass is 263 g/mol. The Kier molecular flexibility index (Phi) is 5.89. The second kappa shape index (κ2) is 6.95. The summed E-state index contributed by atoms with van der Waals surface area (Å²) in [6.45, 7) is 2.78. The summed E-state index contributed by atoms with van der Waals surface area (Å²) in [4.78, 5) is 1.94. The van der Waals surface area contributed by atoms with Gasteiger partial charge < -0.3 is 5.32 Å². The van der Waals surface area contributed by atoms with Gasteiger partial charge in [-0.1, -0.05) is 13.3 Å². The van der Waals surface area contributed by atoms with Crippen LogP contribution in [-0.2, 0) is 0 Å². The van der Waals surface area contributed by atoms with E-state index in [0.29, 0.717) is 19.0 Å². The minimum Gasteiger partial charge on any atom is -0.305 e. The minimum atomic E-state index is -4.17. The highest BCUT2D eigenvalue weighted by molar-refractivity contribution is 4.88. The highest BCUT2D eigenvalue weighted by Crippen LogP contribution is 2.22. The van der Waals surface area contributed by atoms with E-state index in [1.807, 2.05) is 4.90 Å². The molecule has 0 amide bonds. The fourth-order valence-corrected chi connectivity index (χ4v) is 2.56. The molecule has 1 rings (SSSR count). The van der Waals surface area contributed by atoms with E-state index in [2.05, 4.69) is 18.3 Å². The van der Waals surface area contributed by atoms with Crippen molar-refractivity contribution in [2.45, 2.75) is 38.4 Å². The Bertz CT molecular complexity index is 285. The molecule has 1 fully saturated rings. The second-order valence-corrected chi connectivity index (χ2v) is 4.94. The number of rotatable bonds is 5. The van der Waals surface area contributed by atoms with Gasteiger partial charge in [-0.2, -0.15) is 18.4 Å². The first-order valence-electron chi connectivity index (χ1n) is 6.34. The predicted octanol–water partition coefficient (Wildman–Crippen LogP) is 2.15. The number of nitriles is 1. The van der Waals surface area contributed by atoms with Crippen LogP contribution in [0.1, 0.15) is 26.2 Å². The van der Waals surface area contributed by atoms with Gasteiger partial charge in [-0.15, -0.1) is 0 Å². The number of hydrogen-bond donors (Lipinski definition) is 1. The Morgan fingerprint density at radius 1 is 1.39 bits per heavy atom. The molecule has 1 saturated heterocycles. The van der Waals surface area contributed by atoms with Crippen molar-refractivity contribution in [1.82, 2.24) is 10.2 Å². The molecule has 6 heteroatoms. The van der Waals surface area contributed by atoms with Gasteiger partial charge in [-0.25, -0.2) is 0 Å². The van der Waals surface area contributed by atoms with Gasteiger partial charge in [-0.05, 0) is 18.8 Å². The van der Waals surface area contributed by atoms with Crippen LogP contribution in [-0.4, -0.2) is 43.3 Å². The van der Waals surface area contributed by atoms with Crippen LogP contribution in [0.5, 0.6) is 0 Å². The summed E-state index contributed by atoms with van der Waals surface area (Å²) in [6.07, 6.45) is -1.37. The highest BCUT2D eigenvalue weighted by Gasteiger charge is 2.31. The fourth-order valence-electron chi connectivity index (χ4n) is 2.56. The summed E-state index contributed by atoms with van der Waals surface area (Å²) in [5.74, 6) is 0.392. The zero-order chi connectivity index (χ0) is 13.6. The maximum atomic E-state index is 12.2. The number of nitrogens with one attached hydrogen (secondary N) is 1. The standard InChI is InChI=1S/C12H20F3N3/c1-2-3-10-6-11(17-9-12(13,14)15)8-18(7-10)5-4-16/h10-11,17H,2-3,5-9H2,1H3. The third-order valence-electron chi connectivity index (χ3n) is 3.20. The molecule has 104 valence electrons. The van der Waals surface area contributed by atoms with Crippen LogP contribution in [0.3, 0.4) is 0 Å². The average Bonchev–Trinajstić information content (AvgIpc) is 2.26. The predicted molar refractivity (Wildman–Crippen MR) is 62.9 cm³/mol. The van der Waals surface area contributed by atoms with E-state index < -0.39 is 12.7 Å². The van der Waals surface area contributed by atoms with Gasteiger partial charge in [0.15, 0.2) is 0 Å². The molecule has 2 atom stereocenters. The zero-order valence-corrected chi connectivity index (χ0v) is 10.6. The molecular formula is C12H20F3N3. The van der Waals surface area contributed by atoms with Crippen LogP contribution in [0.15, 0.2) is 0 Å². The Morgan fingerprint density at radius 3 is 2.67 bits per heavy atom. The summed E-state index contributed by atoms with van der Waals surface area (Å²) in [7, 11) is 0. The molecule has 1 N–H and O–H groups in total. The van der Waals surface area contributed by atoms with E-state index in [1.54, 1.807) is 0 Å². The smallest absolute Gasteiger partial charge is 0.305 e. The molecule has 1 aliphatic rings. The topological polar surface area (TPSA) is 39.1 Å². The van der Waals surface area contributed by atoms with Crippen LogP contribution in [0, 0.1) is 17.2 Å². The molecular weight excluding hydrogens is 243 g/mol. The lowest BCUT2D eigenvalue weighted by Gasteiger charge is -2.37. The van der Waals surface area contributed by atoms with Crippen LogP contribution in [0.4, 0.5) is 13.2 Å². The summed E-state index contributed by atoms with van der Waals surface area (Å²) >= 11 is 0. The molecule has 0 aromatic heterocycles. The fraction of sp³-hybridized carbons (Fsp3) is 0.917.